The number of carbonyl (C=O) groups excluding carboxylic acids is 1. The normalized spacial score (nSPS) is 6.10. The summed E-state index contributed by atoms with van der Waals surface area (Å²) in [5.41, 5.74) is 0. The largest absolute Gasteiger partial charge is 0.525 e. The molecule has 1 rings (SSSR count). The van der Waals surface area contributed by atoms with Crippen molar-refractivity contribution < 1.29 is 37.5 Å². The molecule has 1 nitrogen and oxygen atoms in total. The molecule has 1 radical (unpaired) electrons. The van der Waals surface area contributed by atoms with Gasteiger partial charge >= 0.3 is 0 Å². The van der Waals surface area contributed by atoms with Crippen LogP contribution in [0.5, 0.6) is 0 Å². The summed E-state index contributed by atoms with van der Waals surface area (Å²) in [5.74, 6) is 0.972. The monoisotopic (exact) mass is 229 g/mol. The predicted molar refractivity (Wildman–Crippen MR) is 36.8 cm³/mol. The van der Waals surface area contributed by atoms with Gasteiger partial charge in [-0.25, -0.2) is 0 Å². The Kier molecular flexibility index (Phi) is 15.5. The maximum atomic E-state index is 8.45. The minimum absolute atomic E-state index is 0. The van der Waals surface area contributed by atoms with E-state index in [2.05, 4.69) is 17.7 Å². The minimum Gasteiger partial charge on any atom is -0.525 e. The number of hydrogen-bond donors (Lipinski definition) is 0. The van der Waals surface area contributed by atoms with Gasteiger partial charge in [-0.1, -0.05) is 0 Å². The van der Waals surface area contributed by atoms with Gasteiger partial charge in [0.25, 0.3) is 0 Å². The van der Waals surface area contributed by atoms with E-state index in [1.165, 1.54) is 0 Å². The first kappa shape index (κ1) is 12.9. The minimum atomic E-state index is 0. The smallest absolute Gasteiger partial charge is 0 e. The summed E-state index contributed by atoms with van der Waals surface area (Å²) >= 11 is 4.19. The molecule has 0 aromatic heterocycles. The molecule has 0 saturated carbocycles. The van der Waals surface area contributed by atoms with Crippen LogP contribution in [0.25, 0.3) is 0 Å². The molecule has 1 aromatic rings. The van der Waals surface area contributed by atoms with Crippen molar-refractivity contribution in [2.24, 2.45) is 0 Å². The van der Waals surface area contributed by atoms with E-state index in [-0.39, 0.29) is 32.7 Å². The van der Waals surface area contributed by atoms with Gasteiger partial charge in [0.1, 0.15) is 0 Å². The van der Waals surface area contributed by atoms with Gasteiger partial charge in [-0.05, 0) is 0 Å². The van der Waals surface area contributed by atoms with Gasteiger partial charge in [0, 0.05) is 32.7 Å². The summed E-state index contributed by atoms with van der Waals surface area (Å²) in [6.07, 6.45) is 0. The first-order chi connectivity index (χ1) is 4.41. The Hall–Kier alpha value is 0.284. The van der Waals surface area contributed by atoms with E-state index in [0.717, 1.165) is 5.75 Å². The third-order valence-electron chi connectivity index (χ3n) is 0.607. The molecule has 0 aliphatic rings. The average molecular weight is 229 g/mol. The summed E-state index contributed by atoms with van der Waals surface area (Å²) in [4.78, 5) is 8.45. The Labute approximate surface area is 90.7 Å². The second kappa shape index (κ2) is 12.0. The number of rotatable bonds is 0. The third-order valence-corrected chi connectivity index (χ3v) is 0.607. The maximum absolute atomic E-state index is 8.45. The Bertz CT molecular complexity index is 117. The standard InChI is InChI=1S/C6H5.CClO.Y/c1-2-4-6-5-3-1;2-1-3;/h1-5H;;/q2*-1;. The molecule has 0 atom stereocenters. The second-order valence-corrected chi connectivity index (χ2v) is 1.31. The van der Waals surface area contributed by atoms with Crippen LogP contribution in [-0.4, -0.2) is 5.75 Å². The zero-order valence-corrected chi connectivity index (χ0v) is 8.84. The first-order valence-corrected chi connectivity index (χ1v) is 2.68. The molecule has 3 heteroatoms. The zero-order valence-electron chi connectivity index (χ0n) is 5.25. The fourth-order valence-electron chi connectivity index (χ4n) is 0.342. The molecular formula is C7H5ClOY-2. The van der Waals surface area contributed by atoms with Gasteiger partial charge in [-0.15, -0.1) is 0 Å². The van der Waals surface area contributed by atoms with Crippen LogP contribution in [0.1, 0.15) is 0 Å². The van der Waals surface area contributed by atoms with Crippen LogP contribution in [0.2, 0.25) is 0 Å². The Balaban J connectivity index is 0. The van der Waals surface area contributed by atoms with Crippen LogP contribution in [0, 0.1) is 6.07 Å². The second-order valence-electron chi connectivity index (χ2n) is 1.15. The van der Waals surface area contributed by atoms with Crippen molar-refractivity contribution in [3.63, 3.8) is 0 Å². The van der Waals surface area contributed by atoms with Crippen LogP contribution in [-0.2, 0) is 37.5 Å². The molecule has 0 amide bonds. The van der Waals surface area contributed by atoms with Crippen molar-refractivity contribution in [1.82, 2.24) is 0 Å². The van der Waals surface area contributed by atoms with Gasteiger partial charge in [-0.3, -0.25) is 0 Å². The number of halogens is 1. The molecule has 0 aliphatic carbocycles. The van der Waals surface area contributed by atoms with Crippen molar-refractivity contribution in [2.75, 3.05) is 0 Å². The van der Waals surface area contributed by atoms with E-state index in [1.807, 2.05) is 30.3 Å². The van der Waals surface area contributed by atoms with Crippen molar-refractivity contribution in [3.8, 4) is 0 Å². The average Bonchev–Trinajstić information content (AvgIpc) is 1.93. The SMILES string of the molecule is O=[C-]Cl.[Y].[c-]1ccccc1. The quantitative estimate of drug-likeness (QED) is 0.490. The van der Waals surface area contributed by atoms with Crippen LogP contribution >= 0.6 is 11.6 Å². The van der Waals surface area contributed by atoms with Crippen molar-refractivity contribution >= 4 is 17.3 Å². The van der Waals surface area contributed by atoms with E-state index in [0.29, 0.717) is 0 Å². The fourth-order valence-corrected chi connectivity index (χ4v) is 0.342. The molecule has 0 spiro atoms. The Morgan fingerprint density at radius 2 is 1.60 bits per heavy atom. The van der Waals surface area contributed by atoms with Gasteiger partial charge in [0.2, 0.25) is 0 Å². The molecule has 10 heavy (non-hydrogen) atoms. The van der Waals surface area contributed by atoms with Crippen LogP contribution in [0.4, 0.5) is 0 Å². The topological polar surface area (TPSA) is 17.1 Å². The Morgan fingerprint density at radius 3 is 1.70 bits per heavy atom. The molecular weight excluding hydrogens is 224 g/mol. The third kappa shape index (κ3) is 11.1. The van der Waals surface area contributed by atoms with E-state index in [4.69, 9.17) is 4.79 Å². The van der Waals surface area contributed by atoms with E-state index < -0.39 is 0 Å². The van der Waals surface area contributed by atoms with Gasteiger partial charge in [0.15, 0.2) is 0 Å². The van der Waals surface area contributed by atoms with E-state index in [1.54, 1.807) is 0 Å². The van der Waals surface area contributed by atoms with Crippen LogP contribution in [0.15, 0.2) is 30.3 Å². The summed E-state index contributed by atoms with van der Waals surface area (Å²) in [6.45, 7) is 0. The number of benzene rings is 1. The maximum Gasteiger partial charge on any atom is 0 e. The Morgan fingerprint density at radius 1 is 1.20 bits per heavy atom. The molecule has 0 saturated heterocycles. The molecule has 0 bridgehead atoms. The van der Waals surface area contributed by atoms with Crippen molar-refractivity contribution in [2.45, 2.75) is 0 Å². The summed E-state index contributed by atoms with van der Waals surface area (Å²) < 4.78 is 0. The first-order valence-electron chi connectivity index (χ1n) is 2.30. The van der Waals surface area contributed by atoms with Crippen molar-refractivity contribution in [1.29, 1.82) is 0 Å². The molecule has 0 aliphatic heterocycles. The number of hydrogen-bond acceptors (Lipinski definition) is 1. The zero-order chi connectivity index (χ0) is 6.95. The predicted octanol–water partition coefficient (Wildman–Crippen LogP) is 1.78. The molecule has 1 aromatic carbocycles. The summed E-state index contributed by atoms with van der Waals surface area (Å²) in [7, 11) is 0. The molecule has 0 unspecified atom stereocenters. The van der Waals surface area contributed by atoms with Crippen LogP contribution in [0.3, 0.4) is 0 Å². The fraction of sp³-hybridized carbons (Fsp3) is 0. The summed E-state index contributed by atoms with van der Waals surface area (Å²) in [5, 5.41) is 0. The summed E-state index contributed by atoms with van der Waals surface area (Å²) in [6, 6.07) is 12.5. The molecule has 0 N–H and O–H groups in total. The van der Waals surface area contributed by atoms with Gasteiger partial charge in [-0.2, -0.15) is 42.1 Å². The molecule has 0 fully saturated rings. The molecule has 0 heterocycles. The van der Waals surface area contributed by atoms with E-state index in [9.17, 15) is 0 Å². The van der Waals surface area contributed by atoms with Crippen molar-refractivity contribution in [3.05, 3.63) is 36.4 Å². The van der Waals surface area contributed by atoms with Crippen LogP contribution < -0.4 is 0 Å². The van der Waals surface area contributed by atoms with E-state index >= 15 is 0 Å². The molecule has 51 valence electrons. The van der Waals surface area contributed by atoms with Gasteiger partial charge < -0.3 is 16.4 Å². The van der Waals surface area contributed by atoms with Gasteiger partial charge in [0.05, 0.1) is 0 Å².